The third-order valence-electron chi connectivity index (χ3n) is 3.04. The van der Waals surface area contributed by atoms with Gasteiger partial charge in [0.15, 0.2) is 0 Å². The Morgan fingerprint density at radius 3 is 2.57 bits per heavy atom. The van der Waals surface area contributed by atoms with Crippen molar-refractivity contribution in [3.05, 3.63) is 42.5 Å². The van der Waals surface area contributed by atoms with E-state index in [0.717, 1.165) is 11.5 Å². The zero-order chi connectivity index (χ0) is 15.2. The van der Waals surface area contributed by atoms with E-state index in [2.05, 4.69) is 15.6 Å². The first kappa shape index (κ1) is 14.9. The molecule has 0 saturated carbocycles. The van der Waals surface area contributed by atoms with Gasteiger partial charge in [0.2, 0.25) is 0 Å². The highest BCUT2D eigenvalue weighted by atomic mass is 16.5. The monoisotopic (exact) mass is 288 g/mol. The number of hydrogen-bond acceptors (Lipinski definition) is 4. The lowest BCUT2D eigenvalue weighted by Crippen LogP contribution is -2.13. The molecule has 112 valence electrons. The number of amides is 1. The van der Waals surface area contributed by atoms with Gasteiger partial charge < -0.3 is 14.6 Å². The van der Waals surface area contributed by atoms with Gasteiger partial charge in [-0.05, 0) is 38.1 Å². The van der Waals surface area contributed by atoms with Crippen molar-refractivity contribution in [3.8, 4) is 0 Å². The summed E-state index contributed by atoms with van der Waals surface area (Å²) in [6.45, 7) is 4.17. The van der Waals surface area contributed by atoms with E-state index in [1.807, 2.05) is 49.0 Å². The largest absolute Gasteiger partial charge is 0.450 e. The van der Waals surface area contributed by atoms with E-state index in [-0.39, 0.29) is 6.04 Å². The smallest absolute Gasteiger partial charge is 0.411 e. The molecule has 2 N–H and O–H groups in total. The summed E-state index contributed by atoms with van der Waals surface area (Å²) in [4.78, 5) is 15.6. The van der Waals surface area contributed by atoms with Crippen LogP contribution in [0.1, 0.15) is 25.7 Å². The summed E-state index contributed by atoms with van der Waals surface area (Å²) in [6, 6.07) is 7.55. The van der Waals surface area contributed by atoms with E-state index in [0.29, 0.717) is 12.3 Å². The molecular formula is C15H20N4O2. The maximum atomic E-state index is 11.3. The Morgan fingerprint density at radius 2 is 2.00 bits per heavy atom. The first-order chi connectivity index (χ1) is 10.1. The number of rotatable bonds is 5. The van der Waals surface area contributed by atoms with Crippen LogP contribution in [0.3, 0.4) is 0 Å². The molecule has 2 rings (SSSR count). The minimum absolute atomic E-state index is 0.0915. The van der Waals surface area contributed by atoms with Crippen LogP contribution >= 0.6 is 0 Å². The lowest BCUT2D eigenvalue weighted by molar-refractivity contribution is 0.168. The molecular weight excluding hydrogens is 268 g/mol. The molecule has 0 spiro atoms. The lowest BCUT2D eigenvalue weighted by Gasteiger charge is -2.15. The Morgan fingerprint density at radius 1 is 1.33 bits per heavy atom. The number of aromatic nitrogens is 2. The highest BCUT2D eigenvalue weighted by Gasteiger charge is 2.10. The Hall–Kier alpha value is -2.50. The van der Waals surface area contributed by atoms with Crippen molar-refractivity contribution in [1.82, 2.24) is 9.55 Å². The van der Waals surface area contributed by atoms with Crippen molar-refractivity contribution in [2.24, 2.45) is 7.05 Å². The Bertz CT molecular complexity index is 592. The maximum absolute atomic E-state index is 11.3. The fourth-order valence-electron chi connectivity index (χ4n) is 2.04. The van der Waals surface area contributed by atoms with E-state index in [4.69, 9.17) is 4.74 Å². The lowest BCUT2D eigenvalue weighted by atomic mass is 10.2. The molecule has 21 heavy (non-hydrogen) atoms. The van der Waals surface area contributed by atoms with E-state index in [1.165, 1.54) is 0 Å². The highest BCUT2D eigenvalue weighted by Crippen LogP contribution is 2.19. The van der Waals surface area contributed by atoms with Crippen LogP contribution in [0.15, 0.2) is 36.7 Å². The normalized spacial score (nSPS) is 11.8. The van der Waals surface area contributed by atoms with Crippen LogP contribution in [-0.2, 0) is 11.8 Å². The van der Waals surface area contributed by atoms with Crippen LogP contribution in [0.2, 0.25) is 0 Å². The number of carbonyl (C=O) groups is 1. The van der Waals surface area contributed by atoms with Gasteiger partial charge in [-0.15, -0.1) is 0 Å². The number of nitrogens with zero attached hydrogens (tertiary/aromatic N) is 2. The van der Waals surface area contributed by atoms with Crippen LogP contribution < -0.4 is 10.6 Å². The van der Waals surface area contributed by atoms with Gasteiger partial charge in [-0.1, -0.05) is 0 Å². The van der Waals surface area contributed by atoms with E-state index in [1.54, 1.807) is 13.1 Å². The molecule has 0 bridgehead atoms. The van der Waals surface area contributed by atoms with Crippen LogP contribution in [0.4, 0.5) is 16.2 Å². The second-order valence-corrected chi connectivity index (χ2v) is 4.69. The van der Waals surface area contributed by atoms with E-state index >= 15 is 0 Å². The Balaban J connectivity index is 1.96. The Labute approximate surface area is 124 Å². The molecule has 6 nitrogen and oxygen atoms in total. The molecule has 0 saturated heterocycles. The van der Waals surface area contributed by atoms with Gasteiger partial charge in [0.1, 0.15) is 5.82 Å². The van der Waals surface area contributed by atoms with Gasteiger partial charge in [-0.2, -0.15) is 0 Å². The Kier molecular flexibility index (Phi) is 4.81. The van der Waals surface area contributed by atoms with Crippen molar-refractivity contribution in [2.45, 2.75) is 19.9 Å². The van der Waals surface area contributed by atoms with Crippen molar-refractivity contribution >= 4 is 17.5 Å². The SMILES string of the molecule is CCOC(=O)Nc1ccc(NC(C)c2nccn2C)cc1. The van der Waals surface area contributed by atoms with Crippen molar-refractivity contribution in [2.75, 3.05) is 17.2 Å². The predicted octanol–water partition coefficient (Wildman–Crippen LogP) is 3.16. The third-order valence-corrected chi connectivity index (χ3v) is 3.04. The molecule has 0 aliphatic heterocycles. The number of hydrogen-bond donors (Lipinski definition) is 2. The van der Waals surface area contributed by atoms with Crippen molar-refractivity contribution < 1.29 is 9.53 Å². The van der Waals surface area contributed by atoms with Crippen LogP contribution in [-0.4, -0.2) is 22.3 Å². The summed E-state index contributed by atoms with van der Waals surface area (Å²) in [5, 5.41) is 6.02. The summed E-state index contributed by atoms with van der Waals surface area (Å²) >= 11 is 0. The predicted molar refractivity (Wildman–Crippen MR) is 82.3 cm³/mol. The molecule has 1 heterocycles. The standard InChI is InChI=1S/C15H20N4O2/c1-4-21-15(20)18-13-7-5-12(6-8-13)17-11(2)14-16-9-10-19(14)3/h5-11,17H,4H2,1-3H3,(H,18,20). The summed E-state index contributed by atoms with van der Waals surface area (Å²) in [6.07, 6.45) is 3.25. The van der Waals surface area contributed by atoms with Crippen molar-refractivity contribution in [3.63, 3.8) is 0 Å². The summed E-state index contributed by atoms with van der Waals surface area (Å²) < 4.78 is 6.81. The average Bonchev–Trinajstić information content (AvgIpc) is 2.87. The van der Waals surface area contributed by atoms with Crippen LogP contribution in [0, 0.1) is 0 Å². The second kappa shape index (κ2) is 6.78. The number of imidazole rings is 1. The summed E-state index contributed by atoms with van der Waals surface area (Å²) in [7, 11) is 1.97. The zero-order valence-electron chi connectivity index (χ0n) is 12.5. The number of ether oxygens (including phenoxy) is 1. The highest BCUT2D eigenvalue weighted by molar-refractivity contribution is 5.84. The van der Waals surface area contributed by atoms with E-state index < -0.39 is 6.09 Å². The molecule has 0 fully saturated rings. The molecule has 0 aliphatic rings. The van der Waals surface area contributed by atoms with Crippen LogP contribution in [0.5, 0.6) is 0 Å². The summed E-state index contributed by atoms with van der Waals surface area (Å²) in [5.41, 5.74) is 1.66. The topological polar surface area (TPSA) is 68.2 Å². The molecule has 6 heteroatoms. The fraction of sp³-hybridized carbons (Fsp3) is 0.333. The van der Waals surface area contributed by atoms with Gasteiger partial charge in [0.25, 0.3) is 0 Å². The number of anilines is 2. The molecule has 1 aromatic carbocycles. The second-order valence-electron chi connectivity index (χ2n) is 4.69. The van der Waals surface area contributed by atoms with E-state index in [9.17, 15) is 4.79 Å². The minimum Gasteiger partial charge on any atom is -0.450 e. The maximum Gasteiger partial charge on any atom is 0.411 e. The molecule has 2 aromatic rings. The van der Waals surface area contributed by atoms with Gasteiger partial charge >= 0.3 is 6.09 Å². The molecule has 0 radical (unpaired) electrons. The molecule has 0 aliphatic carbocycles. The number of benzene rings is 1. The summed E-state index contributed by atoms with van der Waals surface area (Å²) in [5.74, 6) is 0.962. The average molecular weight is 288 g/mol. The van der Waals surface area contributed by atoms with Gasteiger partial charge in [-0.3, -0.25) is 5.32 Å². The zero-order valence-corrected chi connectivity index (χ0v) is 12.5. The van der Waals surface area contributed by atoms with Gasteiger partial charge in [0, 0.05) is 30.8 Å². The van der Waals surface area contributed by atoms with Crippen LogP contribution in [0.25, 0.3) is 0 Å². The fourth-order valence-corrected chi connectivity index (χ4v) is 2.04. The third kappa shape index (κ3) is 3.98. The van der Waals surface area contributed by atoms with Gasteiger partial charge in [-0.25, -0.2) is 9.78 Å². The molecule has 1 atom stereocenters. The molecule has 1 amide bonds. The van der Waals surface area contributed by atoms with Crippen molar-refractivity contribution in [1.29, 1.82) is 0 Å². The molecule has 1 unspecified atom stereocenters. The minimum atomic E-state index is -0.445. The van der Waals surface area contributed by atoms with Gasteiger partial charge in [0.05, 0.1) is 12.6 Å². The first-order valence-electron chi connectivity index (χ1n) is 6.87. The number of nitrogens with one attached hydrogen (secondary N) is 2. The number of carbonyl (C=O) groups excluding carboxylic acids is 1. The quantitative estimate of drug-likeness (QED) is 0.886. The molecule has 1 aromatic heterocycles. The number of aryl methyl sites for hydroxylation is 1. The first-order valence-corrected chi connectivity index (χ1v) is 6.87.